The number of rotatable bonds is 4. The number of carbonyl (C=O) groups is 1. The molecule has 0 spiro atoms. The highest BCUT2D eigenvalue weighted by Gasteiger charge is 2.18. The molecule has 0 aliphatic heterocycles. The zero-order chi connectivity index (χ0) is 17.1. The Kier molecular flexibility index (Phi) is 4.48. The number of amides is 1. The van der Waals surface area contributed by atoms with Crippen LogP contribution >= 0.6 is 11.6 Å². The van der Waals surface area contributed by atoms with Gasteiger partial charge in [-0.3, -0.25) is 4.79 Å². The van der Waals surface area contributed by atoms with Crippen molar-refractivity contribution in [2.45, 2.75) is 13.5 Å². The van der Waals surface area contributed by atoms with E-state index >= 15 is 0 Å². The van der Waals surface area contributed by atoms with Crippen LogP contribution in [0.2, 0.25) is 5.02 Å². The summed E-state index contributed by atoms with van der Waals surface area (Å²) in [5.74, 6) is -0.439. The molecule has 0 unspecified atom stereocenters. The van der Waals surface area contributed by atoms with Gasteiger partial charge in [-0.25, -0.2) is 4.68 Å². The van der Waals surface area contributed by atoms with Gasteiger partial charge in [-0.15, -0.1) is 5.10 Å². The first-order valence-electron chi connectivity index (χ1n) is 7.29. The highest BCUT2D eigenvalue weighted by Crippen LogP contribution is 2.22. The fraction of sp³-hybridized carbons (Fsp3) is 0.118. The molecule has 0 saturated carbocycles. The molecule has 0 aliphatic rings. The SMILES string of the molecule is Cc1c(C(=O)Nc2ccccc2O)nnn1Cc1ccccc1Cl. The van der Waals surface area contributed by atoms with Crippen molar-refractivity contribution < 1.29 is 9.90 Å². The Bertz CT molecular complexity index is 892. The van der Waals surface area contributed by atoms with E-state index in [-0.39, 0.29) is 11.4 Å². The molecule has 1 amide bonds. The van der Waals surface area contributed by atoms with Crippen LogP contribution < -0.4 is 5.32 Å². The van der Waals surface area contributed by atoms with Gasteiger partial charge in [-0.2, -0.15) is 0 Å². The van der Waals surface area contributed by atoms with Crippen LogP contribution in [0.15, 0.2) is 48.5 Å². The Morgan fingerprint density at radius 2 is 1.92 bits per heavy atom. The molecular weight excluding hydrogens is 328 g/mol. The first-order valence-corrected chi connectivity index (χ1v) is 7.67. The number of hydrogen-bond donors (Lipinski definition) is 2. The Morgan fingerprint density at radius 1 is 1.21 bits per heavy atom. The summed E-state index contributed by atoms with van der Waals surface area (Å²) in [5, 5.41) is 21.0. The van der Waals surface area contributed by atoms with E-state index in [9.17, 15) is 9.90 Å². The normalized spacial score (nSPS) is 10.6. The lowest BCUT2D eigenvalue weighted by Crippen LogP contribution is -2.14. The van der Waals surface area contributed by atoms with Gasteiger partial charge in [0.15, 0.2) is 5.69 Å². The van der Waals surface area contributed by atoms with Crippen molar-refractivity contribution in [2.24, 2.45) is 0 Å². The molecule has 7 heteroatoms. The lowest BCUT2D eigenvalue weighted by molar-refractivity contribution is 0.102. The summed E-state index contributed by atoms with van der Waals surface area (Å²) in [6, 6.07) is 13.9. The molecule has 6 nitrogen and oxygen atoms in total. The summed E-state index contributed by atoms with van der Waals surface area (Å²) in [5.41, 5.74) is 2.02. The van der Waals surface area contributed by atoms with E-state index in [0.717, 1.165) is 5.56 Å². The first-order chi connectivity index (χ1) is 11.6. The fourth-order valence-electron chi connectivity index (χ4n) is 2.27. The number of anilines is 1. The summed E-state index contributed by atoms with van der Waals surface area (Å²) in [6.45, 7) is 2.18. The Balaban J connectivity index is 1.81. The second-order valence-corrected chi connectivity index (χ2v) is 5.65. The van der Waals surface area contributed by atoms with E-state index < -0.39 is 5.91 Å². The van der Waals surface area contributed by atoms with Gasteiger partial charge in [0.2, 0.25) is 0 Å². The molecule has 2 N–H and O–H groups in total. The quantitative estimate of drug-likeness (QED) is 0.713. The summed E-state index contributed by atoms with van der Waals surface area (Å²) in [6.07, 6.45) is 0. The number of phenols is 1. The molecule has 24 heavy (non-hydrogen) atoms. The van der Waals surface area contributed by atoms with E-state index in [2.05, 4.69) is 15.6 Å². The molecule has 0 saturated heterocycles. The molecule has 1 aromatic heterocycles. The zero-order valence-corrected chi connectivity index (χ0v) is 13.7. The molecule has 0 bridgehead atoms. The van der Waals surface area contributed by atoms with E-state index in [0.29, 0.717) is 22.9 Å². The van der Waals surface area contributed by atoms with Crippen molar-refractivity contribution in [3.05, 3.63) is 70.5 Å². The minimum Gasteiger partial charge on any atom is -0.506 e. The number of nitrogens with one attached hydrogen (secondary N) is 1. The summed E-state index contributed by atoms with van der Waals surface area (Å²) < 4.78 is 1.61. The van der Waals surface area contributed by atoms with Crippen molar-refractivity contribution in [2.75, 3.05) is 5.32 Å². The average molecular weight is 343 g/mol. The van der Waals surface area contributed by atoms with Gasteiger partial charge < -0.3 is 10.4 Å². The Hall–Kier alpha value is -2.86. The van der Waals surface area contributed by atoms with Crippen LogP contribution in [0.4, 0.5) is 5.69 Å². The molecular formula is C17H15ClN4O2. The topological polar surface area (TPSA) is 80.0 Å². The minimum absolute atomic E-state index is 0.00744. The van der Waals surface area contributed by atoms with Crippen LogP contribution in [0.5, 0.6) is 5.75 Å². The summed E-state index contributed by atoms with van der Waals surface area (Å²) in [4.78, 5) is 12.4. The third-order valence-corrected chi connectivity index (χ3v) is 4.00. The number of para-hydroxylation sites is 2. The second-order valence-electron chi connectivity index (χ2n) is 5.24. The fourth-order valence-corrected chi connectivity index (χ4v) is 2.46. The molecule has 1 heterocycles. The standard InChI is InChI=1S/C17H15ClN4O2/c1-11-16(17(24)19-14-8-4-5-9-15(14)23)20-21-22(11)10-12-6-2-3-7-13(12)18/h2-9,23H,10H2,1H3,(H,19,24). The smallest absolute Gasteiger partial charge is 0.278 e. The number of nitrogens with zero attached hydrogens (tertiary/aromatic N) is 3. The van der Waals surface area contributed by atoms with Crippen LogP contribution in [0.3, 0.4) is 0 Å². The van der Waals surface area contributed by atoms with Gasteiger partial charge in [0.25, 0.3) is 5.91 Å². The van der Waals surface area contributed by atoms with E-state index in [1.165, 1.54) is 6.07 Å². The molecule has 0 atom stereocenters. The molecule has 3 rings (SSSR count). The molecule has 2 aromatic carbocycles. The van der Waals surface area contributed by atoms with Gasteiger partial charge in [-0.1, -0.05) is 47.1 Å². The highest BCUT2D eigenvalue weighted by atomic mass is 35.5. The maximum absolute atomic E-state index is 12.4. The number of aromatic nitrogens is 3. The van der Waals surface area contributed by atoms with Gasteiger partial charge in [0.05, 0.1) is 17.9 Å². The van der Waals surface area contributed by atoms with Crippen molar-refractivity contribution in [1.29, 1.82) is 0 Å². The molecule has 122 valence electrons. The number of phenolic OH excluding ortho intramolecular Hbond substituents is 1. The largest absolute Gasteiger partial charge is 0.506 e. The second kappa shape index (κ2) is 6.72. The van der Waals surface area contributed by atoms with Crippen molar-refractivity contribution in [3.8, 4) is 5.75 Å². The first kappa shape index (κ1) is 16.0. The number of aromatic hydroxyl groups is 1. The van der Waals surface area contributed by atoms with Gasteiger partial charge in [0.1, 0.15) is 5.75 Å². The third-order valence-electron chi connectivity index (χ3n) is 3.63. The number of halogens is 1. The lowest BCUT2D eigenvalue weighted by atomic mass is 10.2. The van der Waals surface area contributed by atoms with Crippen molar-refractivity contribution >= 4 is 23.2 Å². The summed E-state index contributed by atoms with van der Waals surface area (Å²) in [7, 11) is 0. The van der Waals surface area contributed by atoms with E-state index in [1.807, 2.05) is 18.2 Å². The van der Waals surface area contributed by atoms with E-state index in [4.69, 9.17) is 11.6 Å². The predicted octanol–water partition coefficient (Wildman–Crippen LogP) is 3.25. The van der Waals surface area contributed by atoms with E-state index in [1.54, 1.807) is 35.9 Å². The van der Waals surface area contributed by atoms with Crippen LogP contribution in [0.25, 0.3) is 0 Å². The van der Waals surface area contributed by atoms with Gasteiger partial charge in [0, 0.05) is 5.02 Å². The third kappa shape index (κ3) is 3.23. The Morgan fingerprint density at radius 3 is 2.67 bits per heavy atom. The predicted molar refractivity (Wildman–Crippen MR) is 91.4 cm³/mol. The van der Waals surface area contributed by atoms with Crippen molar-refractivity contribution in [3.63, 3.8) is 0 Å². The summed E-state index contributed by atoms with van der Waals surface area (Å²) >= 11 is 6.15. The van der Waals surface area contributed by atoms with Gasteiger partial charge in [-0.05, 0) is 30.7 Å². The molecule has 0 aliphatic carbocycles. The maximum atomic E-state index is 12.4. The lowest BCUT2D eigenvalue weighted by Gasteiger charge is -2.07. The zero-order valence-electron chi connectivity index (χ0n) is 12.9. The van der Waals surface area contributed by atoms with Crippen LogP contribution in [-0.4, -0.2) is 26.0 Å². The monoisotopic (exact) mass is 342 g/mol. The van der Waals surface area contributed by atoms with Crippen LogP contribution in [0, 0.1) is 6.92 Å². The number of benzene rings is 2. The van der Waals surface area contributed by atoms with Crippen molar-refractivity contribution in [1.82, 2.24) is 15.0 Å². The van der Waals surface area contributed by atoms with Crippen LogP contribution in [-0.2, 0) is 6.54 Å². The van der Waals surface area contributed by atoms with Gasteiger partial charge >= 0.3 is 0 Å². The Labute approximate surface area is 143 Å². The minimum atomic E-state index is -0.431. The number of hydrogen-bond acceptors (Lipinski definition) is 4. The molecule has 3 aromatic rings. The van der Waals surface area contributed by atoms with Crippen LogP contribution in [0.1, 0.15) is 21.7 Å². The highest BCUT2D eigenvalue weighted by molar-refractivity contribution is 6.31. The molecule has 0 radical (unpaired) electrons. The average Bonchev–Trinajstić information content (AvgIpc) is 2.93. The number of carbonyl (C=O) groups excluding carboxylic acids is 1. The maximum Gasteiger partial charge on any atom is 0.278 e. The molecule has 0 fully saturated rings.